The van der Waals surface area contributed by atoms with Gasteiger partial charge < -0.3 is 19.3 Å². The summed E-state index contributed by atoms with van der Waals surface area (Å²) in [6.07, 6.45) is 0.562. The third kappa shape index (κ3) is 6.38. The topological polar surface area (TPSA) is 76.2 Å². The van der Waals surface area contributed by atoms with E-state index >= 15 is 0 Å². The third-order valence-corrected chi connectivity index (χ3v) is 4.16. The van der Waals surface area contributed by atoms with Crippen molar-refractivity contribution in [3.63, 3.8) is 0 Å². The number of rotatable bonds is 8. The van der Waals surface area contributed by atoms with Gasteiger partial charge in [-0.05, 0) is 19.1 Å². The van der Waals surface area contributed by atoms with E-state index in [4.69, 9.17) is 9.47 Å². The normalized spacial score (nSPS) is 14.0. The number of esters is 1. The molecular weight excluding hydrogens is 336 g/mol. The molecule has 142 valence electrons. The van der Waals surface area contributed by atoms with Crippen LogP contribution in [-0.2, 0) is 19.1 Å². The van der Waals surface area contributed by atoms with Gasteiger partial charge in [-0.25, -0.2) is 0 Å². The molecule has 1 aromatic carbocycles. The summed E-state index contributed by atoms with van der Waals surface area (Å²) in [6, 6.07) is 9.38. The van der Waals surface area contributed by atoms with E-state index in [0.29, 0.717) is 45.8 Å². The van der Waals surface area contributed by atoms with Crippen LogP contribution in [0.15, 0.2) is 30.3 Å². The molecule has 0 N–H and O–H groups in total. The van der Waals surface area contributed by atoms with Gasteiger partial charge in [0.2, 0.25) is 11.8 Å². The smallest absolute Gasteiger partial charge is 0.306 e. The number of amides is 2. The van der Waals surface area contributed by atoms with E-state index in [-0.39, 0.29) is 30.6 Å². The van der Waals surface area contributed by atoms with Crippen LogP contribution >= 0.6 is 0 Å². The molecule has 1 aromatic rings. The maximum absolute atomic E-state index is 12.2. The standard InChI is InChI=1S/C19H26N2O5/c1-2-25-19(24)9-8-17(22)20-11-13-21(14-12-20)18(23)10-15-26-16-6-4-3-5-7-16/h3-7H,2,8-15H2,1H3. The van der Waals surface area contributed by atoms with E-state index in [1.165, 1.54) is 0 Å². The summed E-state index contributed by atoms with van der Waals surface area (Å²) in [5.74, 6) is 0.350. The van der Waals surface area contributed by atoms with Crippen molar-refractivity contribution in [2.24, 2.45) is 0 Å². The Morgan fingerprint density at radius 2 is 1.46 bits per heavy atom. The van der Waals surface area contributed by atoms with Gasteiger partial charge in [0, 0.05) is 32.6 Å². The zero-order valence-corrected chi connectivity index (χ0v) is 15.2. The Labute approximate surface area is 153 Å². The Balaban J connectivity index is 1.64. The molecule has 1 fully saturated rings. The summed E-state index contributed by atoms with van der Waals surface area (Å²) in [7, 11) is 0. The highest BCUT2D eigenvalue weighted by molar-refractivity contribution is 5.82. The highest BCUT2D eigenvalue weighted by Crippen LogP contribution is 2.10. The molecule has 0 spiro atoms. The number of carbonyl (C=O) groups excluding carboxylic acids is 3. The molecule has 0 saturated carbocycles. The predicted octanol–water partition coefficient (Wildman–Crippen LogP) is 1.47. The Kier molecular flexibility index (Phi) is 7.92. The first kappa shape index (κ1) is 19.8. The van der Waals surface area contributed by atoms with E-state index in [2.05, 4.69) is 0 Å². The molecule has 26 heavy (non-hydrogen) atoms. The van der Waals surface area contributed by atoms with Crippen LogP contribution in [0.3, 0.4) is 0 Å². The molecule has 1 saturated heterocycles. The number of carbonyl (C=O) groups is 3. The van der Waals surface area contributed by atoms with Gasteiger partial charge in [-0.2, -0.15) is 0 Å². The molecule has 0 radical (unpaired) electrons. The van der Waals surface area contributed by atoms with Gasteiger partial charge in [-0.1, -0.05) is 18.2 Å². The Morgan fingerprint density at radius 3 is 2.04 bits per heavy atom. The predicted molar refractivity (Wildman–Crippen MR) is 95.6 cm³/mol. The maximum atomic E-state index is 12.2. The second-order valence-electron chi connectivity index (χ2n) is 5.98. The van der Waals surface area contributed by atoms with Crippen molar-refractivity contribution in [2.45, 2.75) is 26.2 Å². The fourth-order valence-electron chi connectivity index (χ4n) is 2.74. The molecular formula is C19H26N2O5. The average molecular weight is 362 g/mol. The summed E-state index contributed by atoms with van der Waals surface area (Å²) >= 11 is 0. The first-order valence-electron chi connectivity index (χ1n) is 8.99. The van der Waals surface area contributed by atoms with Crippen LogP contribution < -0.4 is 4.74 Å². The first-order valence-corrected chi connectivity index (χ1v) is 8.99. The Morgan fingerprint density at radius 1 is 0.885 bits per heavy atom. The van der Waals surface area contributed by atoms with E-state index in [1.807, 2.05) is 30.3 Å². The molecule has 1 aliphatic heterocycles. The van der Waals surface area contributed by atoms with Gasteiger partial charge in [0.05, 0.1) is 26.1 Å². The van der Waals surface area contributed by atoms with Crippen LogP contribution in [0.25, 0.3) is 0 Å². The largest absolute Gasteiger partial charge is 0.493 e. The minimum Gasteiger partial charge on any atom is -0.493 e. The molecule has 0 aliphatic carbocycles. The van der Waals surface area contributed by atoms with E-state index < -0.39 is 0 Å². The molecule has 0 bridgehead atoms. The summed E-state index contributed by atoms with van der Waals surface area (Å²) < 4.78 is 10.4. The highest BCUT2D eigenvalue weighted by atomic mass is 16.5. The van der Waals surface area contributed by atoms with Crippen molar-refractivity contribution < 1.29 is 23.9 Å². The van der Waals surface area contributed by atoms with E-state index in [9.17, 15) is 14.4 Å². The van der Waals surface area contributed by atoms with Gasteiger partial charge >= 0.3 is 5.97 Å². The summed E-state index contributed by atoms with van der Waals surface area (Å²) in [4.78, 5) is 39.1. The van der Waals surface area contributed by atoms with Gasteiger partial charge in [-0.3, -0.25) is 14.4 Å². The fraction of sp³-hybridized carbons (Fsp3) is 0.526. The van der Waals surface area contributed by atoms with Gasteiger partial charge in [0.15, 0.2) is 0 Å². The van der Waals surface area contributed by atoms with Crippen LogP contribution in [0, 0.1) is 0 Å². The number of ether oxygens (including phenoxy) is 2. The van der Waals surface area contributed by atoms with Gasteiger partial charge in [-0.15, -0.1) is 0 Å². The molecule has 7 heteroatoms. The zero-order valence-electron chi connectivity index (χ0n) is 15.2. The van der Waals surface area contributed by atoms with Crippen molar-refractivity contribution in [1.29, 1.82) is 0 Å². The van der Waals surface area contributed by atoms with E-state index in [1.54, 1.807) is 16.7 Å². The number of para-hydroxylation sites is 1. The molecule has 2 rings (SSSR count). The van der Waals surface area contributed by atoms with Crippen LogP contribution in [0.5, 0.6) is 5.75 Å². The lowest BCUT2D eigenvalue weighted by Crippen LogP contribution is -2.50. The minimum absolute atomic E-state index is 0.0274. The highest BCUT2D eigenvalue weighted by Gasteiger charge is 2.24. The average Bonchev–Trinajstić information content (AvgIpc) is 2.67. The van der Waals surface area contributed by atoms with Crippen molar-refractivity contribution in [1.82, 2.24) is 9.80 Å². The maximum Gasteiger partial charge on any atom is 0.306 e. The van der Waals surface area contributed by atoms with E-state index in [0.717, 1.165) is 5.75 Å². The molecule has 0 atom stereocenters. The number of piperazine rings is 1. The van der Waals surface area contributed by atoms with Gasteiger partial charge in [0.1, 0.15) is 5.75 Å². The second-order valence-corrected chi connectivity index (χ2v) is 5.98. The van der Waals surface area contributed by atoms with Crippen LogP contribution in [0.4, 0.5) is 0 Å². The molecule has 7 nitrogen and oxygen atoms in total. The van der Waals surface area contributed by atoms with Gasteiger partial charge in [0.25, 0.3) is 0 Å². The molecule has 2 amide bonds. The Hall–Kier alpha value is -2.57. The van der Waals surface area contributed by atoms with Crippen molar-refractivity contribution in [2.75, 3.05) is 39.4 Å². The van der Waals surface area contributed by atoms with Crippen molar-refractivity contribution in [3.8, 4) is 5.75 Å². The SMILES string of the molecule is CCOC(=O)CCC(=O)N1CCN(C(=O)CCOc2ccccc2)CC1. The molecule has 1 heterocycles. The number of nitrogens with zero attached hydrogens (tertiary/aromatic N) is 2. The van der Waals surface area contributed by atoms with Crippen LogP contribution in [-0.4, -0.2) is 67.0 Å². The summed E-state index contributed by atoms with van der Waals surface area (Å²) in [6.45, 7) is 4.40. The van der Waals surface area contributed by atoms with Crippen molar-refractivity contribution in [3.05, 3.63) is 30.3 Å². The monoisotopic (exact) mass is 362 g/mol. The lowest BCUT2D eigenvalue weighted by atomic mass is 10.2. The zero-order chi connectivity index (χ0) is 18.8. The lowest BCUT2D eigenvalue weighted by molar-refractivity contribution is -0.146. The lowest BCUT2D eigenvalue weighted by Gasteiger charge is -2.34. The number of benzene rings is 1. The van der Waals surface area contributed by atoms with Crippen LogP contribution in [0.2, 0.25) is 0 Å². The number of hydrogen-bond donors (Lipinski definition) is 0. The second kappa shape index (κ2) is 10.4. The van der Waals surface area contributed by atoms with Crippen molar-refractivity contribution >= 4 is 17.8 Å². The minimum atomic E-state index is -0.354. The molecule has 0 aromatic heterocycles. The first-order chi connectivity index (χ1) is 12.6. The Bertz CT molecular complexity index is 597. The molecule has 1 aliphatic rings. The summed E-state index contributed by atoms with van der Waals surface area (Å²) in [5, 5.41) is 0. The third-order valence-electron chi connectivity index (χ3n) is 4.16. The van der Waals surface area contributed by atoms with Crippen LogP contribution in [0.1, 0.15) is 26.2 Å². The fourth-order valence-corrected chi connectivity index (χ4v) is 2.74. The quantitative estimate of drug-likeness (QED) is 0.655. The molecule has 0 unspecified atom stereocenters. The summed E-state index contributed by atoms with van der Waals surface area (Å²) in [5.41, 5.74) is 0. The number of hydrogen-bond acceptors (Lipinski definition) is 5.